The molecule has 0 aliphatic carbocycles. The molecule has 0 radical (unpaired) electrons. The normalized spacial score (nSPS) is 12.8. The highest BCUT2D eigenvalue weighted by Gasteiger charge is 2.44. The minimum Gasteiger partial charge on any atom is -0.355 e. The van der Waals surface area contributed by atoms with E-state index in [1.807, 2.05) is 0 Å². The first-order valence-electron chi connectivity index (χ1n) is 7.97. The molecule has 0 saturated heterocycles. The van der Waals surface area contributed by atoms with E-state index in [1.54, 1.807) is 21.3 Å². The van der Waals surface area contributed by atoms with E-state index in [1.165, 1.54) is 0 Å². The molecule has 0 aliphatic heterocycles. The third-order valence-electron chi connectivity index (χ3n) is 4.04. The van der Waals surface area contributed by atoms with Crippen LogP contribution in [0.3, 0.4) is 0 Å². The van der Waals surface area contributed by atoms with E-state index in [2.05, 4.69) is 0 Å². The van der Waals surface area contributed by atoms with E-state index >= 15 is 0 Å². The van der Waals surface area contributed by atoms with E-state index in [9.17, 15) is 0 Å². The zero-order chi connectivity index (χ0) is 16.9. The van der Waals surface area contributed by atoms with Gasteiger partial charge in [-0.3, -0.25) is 0 Å². The largest absolute Gasteiger partial charge is 0.678 e. The minimum absolute atomic E-state index is 0.00799. The summed E-state index contributed by atoms with van der Waals surface area (Å²) in [5, 5.41) is 0. The van der Waals surface area contributed by atoms with Gasteiger partial charge in [-0.1, -0.05) is 0 Å². The van der Waals surface area contributed by atoms with Crippen LogP contribution in [0.4, 0.5) is 0 Å². The van der Waals surface area contributed by atoms with Crippen LogP contribution in [0.25, 0.3) is 0 Å². The predicted molar refractivity (Wildman–Crippen MR) is 90.0 cm³/mol. The molecule has 134 valence electrons. The molecule has 0 saturated carbocycles. The van der Waals surface area contributed by atoms with Crippen LogP contribution in [0.5, 0.6) is 0 Å². The van der Waals surface area contributed by atoms with E-state index in [4.69, 9.17) is 34.9 Å². The standard InChI is InChI=1S/C14H35N3O4Si/c1-18-22(19-2,20-3)21-13-14(7-4-10-15,8-5-11-16)9-6-12-17/h4-13,15-17H2,1-3H3. The second-order valence-electron chi connectivity index (χ2n) is 5.58. The van der Waals surface area contributed by atoms with Crippen LogP contribution in [-0.4, -0.2) is 56.6 Å². The summed E-state index contributed by atoms with van der Waals surface area (Å²) in [6.07, 6.45) is 5.77. The quantitative estimate of drug-likeness (QED) is 0.374. The van der Waals surface area contributed by atoms with Gasteiger partial charge in [-0.05, 0) is 63.6 Å². The monoisotopic (exact) mass is 337 g/mol. The van der Waals surface area contributed by atoms with Gasteiger partial charge >= 0.3 is 9.05 Å². The molecular weight excluding hydrogens is 302 g/mol. The summed E-state index contributed by atoms with van der Waals surface area (Å²) in [5.74, 6) is 0. The van der Waals surface area contributed by atoms with E-state index in [0.717, 1.165) is 38.5 Å². The Hall–Kier alpha value is -0.0631. The molecule has 0 heterocycles. The van der Waals surface area contributed by atoms with Crippen molar-refractivity contribution in [2.45, 2.75) is 38.5 Å². The Kier molecular flexibility index (Phi) is 12.3. The highest BCUT2D eigenvalue weighted by atomic mass is 28.4. The van der Waals surface area contributed by atoms with Crippen molar-refractivity contribution in [1.82, 2.24) is 0 Å². The average Bonchev–Trinajstić information content (AvgIpc) is 2.57. The van der Waals surface area contributed by atoms with E-state index in [-0.39, 0.29) is 5.41 Å². The lowest BCUT2D eigenvalue weighted by molar-refractivity contribution is -0.0275. The van der Waals surface area contributed by atoms with Gasteiger partial charge in [0.25, 0.3) is 0 Å². The van der Waals surface area contributed by atoms with Crippen molar-refractivity contribution < 1.29 is 17.7 Å². The Morgan fingerprint density at radius 2 is 1.09 bits per heavy atom. The van der Waals surface area contributed by atoms with Crippen LogP contribution < -0.4 is 17.2 Å². The van der Waals surface area contributed by atoms with Crippen LogP contribution in [0.2, 0.25) is 0 Å². The maximum absolute atomic E-state index is 5.98. The molecule has 8 heteroatoms. The molecular formula is C14H35N3O4Si. The van der Waals surface area contributed by atoms with Gasteiger partial charge < -0.3 is 34.9 Å². The number of hydrogen-bond acceptors (Lipinski definition) is 7. The molecule has 0 bridgehead atoms. The zero-order valence-corrected chi connectivity index (χ0v) is 15.4. The molecule has 22 heavy (non-hydrogen) atoms. The lowest BCUT2D eigenvalue weighted by Gasteiger charge is -2.36. The first-order valence-corrected chi connectivity index (χ1v) is 9.60. The van der Waals surface area contributed by atoms with Gasteiger partial charge in [-0.25, -0.2) is 0 Å². The van der Waals surface area contributed by atoms with Gasteiger partial charge in [0.2, 0.25) is 0 Å². The van der Waals surface area contributed by atoms with Crippen molar-refractivity contribution in [2.75, 3.05) is 47.6 Å². The Bertz CT molecular complexity index is 238. The van der Waals surface area contributed by atoms with Crippen molar-refractivity contribution in [3.05, 3.63) is 0 Å². The second kappa shape index (κ2) is 12.4. The Morgan fingerprint density at radius 3 is 1.36 bits per heavy atom. The van der Waals surface area contributed by atoms with Crippen LogP contribution in [0, 0.1) is 5.41 Å². The van der Waals surface area contributed by atoms with E-state index in [0.29, 0.717) is 26.2 Å². The Labute approximate surface area is 136 Å². The lowest BCUT2D eigenvalue weighted by atomic mass is 9.76. The van der Waals surface area contributed by atoms with Gasteiger partial charge in [0, 0.05) is 27.9 Å². The smallest absolute Gasteiger partial charge is 0.355 e. The molecule has 0 fully saturated rings. The van der Waals surface area contributed by atoms with Crippen LogP contribution in [-0.2, 0) is 17.7 Å². The van der Waals surface area contributed by atoms with Crippen LogP contribution in [0.15, 0.2) is 0 Å². The SMILES string of the molecule is CO[Si](OC)(OC)OCC(CCCN)(CCCN)CCCN. The van der Waals surface area contributed by atoms with Gasteiger partial charge in [-0.15, -0.1) is 0 Å². The molecule has 0 aromatic carbocycles. The fourth-order valence-corrected chi connectivity index (χ4v) is 4.03. The highest BCUT2D eigenvalue weighted by molar-refractivity contribution is 6.53. The third kappa shape index (κ3) is 7.47. The molecule has 0 aliphatic rings. The van der Waals surface area contributed by atoms with Crippen molar-refractivity contribution in [1.29, 1.82) is 0 Å². The molecule has 0 spiro atoms. The maximum atomic E-state index is 5.98. The molecule has 0 aromatic rings. The molecule has 0 unspecified atom stereocenters. The summed E-state index contributed by atoms with van der Waals surface area (Å²) < 4.78 is 22.0. The van der Waals surface area contributed by atoms with Crippen molar-refractivity contribution in [2.24, 2.45) is 22.6 Å². The number of rotatable bonds is 15. The molecule has 6 N–H and O–H groups in total. The molecule has 0 rings (SSSR count). The van der Waals surface area contributed by atoms with Crippen molar-refractivity contribution >= 4 is 9.05 Å². The molecule has 0 amide bonds. The van der Waals surface area contributed by atoms with Gasteiger partial charge in [0.1, 0.15) is 0 Å². The number of nitrogens with two attached hydrogens (primary N) is 3. The first kappa shape index (κ1) is 21.9. The third-order valence-corrected chi connectivity index (χ3v) is 6.04. The molecule has 0 atom stereocenters. The zero-order valence-electron chi connectivity index (χ0n) is 14.4. The van der Waals surface area contributed by atoms with Crippen molar-refractivity contribution in [3.8, 4) is 0 Å². The maximum Gasteiger partial charge on any atom is 0.678 e. The summed E-state index contributed by atoms with van der Waals surface area (Å²) in [5.41, 5.74) is 17.1. The van der Waals surface area contributed by atoms with Gasteiger partial charge in [0.15, 0.2) is 0 Å². The summed E-state index contributed by atoms with van der Waals surface area (Å²) >= 11 is 0. The van der Waals surface area contributed by atoms with E-state index < -0.39 is 9.05 Å². The minimum atomic E-state index is -3.04. The van der Waals surface area contributed by atoms with Crippen LogP contribution >= 0.6 is 0 Å². The fraction of sp³-hybridized carbons (Fsp3) is 1.00. The topological polar surface area (TPSA) is 115 Å². The highest BCUT2D eigenvalue weighted by Crippen LogP contribution is 2.36. The summed E-state index contributed by atoms with van der Waals surface area (Å²) in [6, 6.07) is 0. The summed E-state index contributed by atoms with van der Waals surface area (Å²) in [7, 11) is 1.59. The summed E-state index contributed by atoms with van der Waals surface area (Å²) in [6.45, 7) is 2.49. The fourth-order valence-electron chi connectivity index (χ4n) is 2.69. The average molecular weight is 338 g/mol. The summed E-state index contributed by atoms with van der Waals surface area (Å²) in [4.78, 5) is 0. The molecule has 0 aromatic heterocycles. The van der Waals surface area contributed by atoms with Crippen molar-refractivity contribution in [3.63, 3.8) is 0 Å². The van der Waals surface area contributed by atoms with Gasteiger partial charge in [0.05, 0.1) is 0 Å². The van der Waals surface area contributed by atoms with Gasteiger partial charge in [-0.2, -0.15) is 0 Å². The first-order chi connectivity index (χ1) is 10.6. The Morgan fingerprint density at radius 1 is 0.727 bits per heavy atom. The predicted octanol–water partition coefficient (Wildman–Crippen LogP) is 0.581. The number of hydrogen-bond donors (Lipinski definition) is 3. The van der Waals surface area contributed by atoms with Crippen LogP contribution in [0.1, 0.15) is 38.5 Å². The second-order valence-corrected chi connectivity index (χ2v) is 8.09. The lowest BCUT2D eigenvalue weighted by Crippen LogP contribution is -2.49. The molecule has 7 nitrogen and oxygen atoms in total. The Balaban J connectivity index is 4.97.